The highest BCUT2D eigenvalue weighted by Crippen LogP contribution is 2.30. The summed E-state index contributed by atoms with van der Waals surface area (Å²) < 4.78 is 15.4. The van der Waals surface area contributed by atoms with Crippen LogP contribution in [0.15, 0.2) is 36.4 Å². The first-order valence-electron chi connectivity index (χ1n) is 6.28. The Morgan fingerprint density at radius 2 is 1.86 bits per heavy atom. The minimum absolute atomic E-state index is 0.314. The predicted octanol–water partition coefficient (Wildman–Crippen LogP) is 5.25. The zero-order chi connectivity index (χ0) is 15.0. The molecule has 3 aromatic rings. The summed E-state index contributed by atoms with van der Waals surface area (Å²) in [5, 5.41) is 0.865. The second kappa shape index (κ2) is 5.84. The molecule has 2 aromatic carbocycles. The number of hydrogen-bond acceptors (Lipinski definition) is 1. The summed E-state index contributed by atoms with van der Waals surface area (Å²) in [6.45, 7) is 0. The summed E-state index contributed by atoms with van der Waals surface area (Å²) in [6, 6.07) is 9.74. The van der Waals surface area contributed by atoms with Crippen molar-refractivity contribution in [1.82, 2.24) is 9.55 Å². The summed E-state index contributed by atoms with van der Waals surface area (Å²) in [5.41, 5.74) is 2.15. The number of hydrogen-bond donors (Lipinski definition) is 0. The van der Waals surface area contributed by atoms with E-state index < -0.39 is 0 Å². The van der Waals surface area contributed by atoms with Crippen LogP contribution in [0.5, 0.6) is 0 Å². The molecular weight excluding hydrogens is 334 g/mol. The second-order valence-corrected chi connectivity index (χ2v) is 5.73. The largest absolute Gasteiger partial charge is 0.296 e. The molecular formula is C15H10Cl3FN2. The molecule has 2 nitrogen and oxygen atoms in total. The third kappa shape index (κ3) is 2.73. The molecule has 0 fully saturated rings. The van der Waals surface area contributed by atoms with Gasteiger partial charge in [0.25, 0.3) is 0 Å². The first-order chi connectivity index (χ1) is 10.1. The number of alkyl halides is 1. The number of imidazole rings is 1. The fourth-order valence-corrected chi connectivity index (χ4v) is 2.76. The van der Waals surface area contributed by atoms with Crippen molar-refractivity contribution in [2.75, 3.05) is 5.88 Å². The Bertz CT molecular complexity index is 814. The Hall–Kier alpha value is -1.29. The molecule has 108 valence electrons. The van der Waals surface area contributed by atoms with Gasteiger partial charge >= 0.3 is 0 Å². The average molecular weight is 344 g/mol. The Balaban J connectivity index is 2.32. The lowest BCUT2D eigenvalue weighted by atomic mass is 10.2. The van der Waals surface area contributed by atoms with Gasteiger partial charge in [-0.25, -0.2) is 9.37 Å². The number of aryl methyl sites for hydroxylation is 1. The number of benzene rings is 2. The van der Waals surface area contributed by atoms with Gasteiger partial charge in [-0.15, -0.1) is 11.6 Å². The first-order valence-corrected chi connectivity index (χ1v) is 7.57. The molecule has 0 bridgehead atoms. The number of halogens is 4. The van der Waals surface area contributed by atoms with Crippen LogP contribution in [0.4, 0.5) is 4.39 Å². The molecule has 0 saturated carbocycles. The normalized spacial score (nSPS) is 11.2. The smallest absolute Gasteiger partial charge is 0.125 e. The molecule has 0 aliphatic carbocycles. The van der Waals surface area contributed by atoms with Crippen LogP contribution >= 0.6 is 34.8 Å². The van der Waals surface area contributed by atoms with E-state index in [2.05, 4.69) is 4.98 Å². The highest BCUT2D eigenvalue weighted by Gasteiger charge is 2.14. The van der Waals surface area contributed by atoms with E-state index in [0.717, 1.165) is 11.3 Å². The maximum atomic E-state index is 13.5. The number of nitrogens with zero attached hydrogens (tertiary/aromatic N) is 2. The number of rotatable bonds is 3. The first kappa shape index (κ1) is 14.6. The summed E-state index contributed by atoms with van der Waals surface area (Å²) in [5.74, 6) is 0.843. The maximum Gasteiger partial charge on any atom is 0.125 e. The van der Waals surface area contributed by atoms with E-state index in [1.54, 1.807) is 18.2 Å². The van der Waals surface area contributed by atoms with Gasteiger partial charge in [0.2, 0.25) is 0 Å². The van der Waals surface area contributed by atoms with E-state index in [1.165, 1.54) is 12.1 Å². The Kier molecular flexibility index (Phi) is 4.07. The van der Waals surface area contributed by atoms with Gasteiger partial charge < -0.3 is 0 Å². The molecule has 3 rings (SSSR count). The standard InChI is InChI=1S/C15H10Cl3FN2/c16-5-4-15-20-13-7-11(17)12(18)8-14(13)21(15)10-3-1-2-9(19)6-10/h1-3,6-8H,4-5H2. The van der Waals surface area contributed by atoms with E-state index in [0.29, 0.717) is 33.6 Å². The van der Waals surface area contributed by atoms with Crippen LogP contribution in [-0.2, 0) is 6.42 Å². The molecule has 0 unspecified atom stereocenters. The van der Waals surface area contributed by atoms with Crippen LogP contribution in [0.2, 0.25) is 10.0 Å². The van der Waals surface area contributed by atoms with Crippen LogP contribution in [0.1, 0.15) is 5.82 Å². The summed E-state index contributed by atoms with van der Waals surface area (Å²) in [6.07, 6.45) is 0.558. The summed E-state index contributed by atoms with van der Waals surface area (Å²) in [4.78, 5) is 4.52. The lowest BCUT2D eigenvalue weighted by molar-refractivity contribution is 0.626. The molecule has 0 spiro atoms. The Morgan fingerprint density at radius 3 is 2.57 bits per heavy atom. The molecule has 0 radical (unpaired) electrons. The van der Waals surface area contributed by atoms with Crippen molar-refractivity contribution in [2.45, 2.75) is 6.42 Å². The number of fused-ring (bicyclic) bond motifs is 1. The van der Waals surface area contributed by atoms with Crippen LogP contribution < -0.4 is 0 Å². The van der Waals surface area contributed by atoms with Gasteiger partial charge in [-0.3, -0.25) is 4.57 Å². The van der Waals surface area contributed by atoms with Gasteiger partial charge in [0.05, 0.1) is 26.8 Å². The Labute approximate surface area is 136 Å². The van der Waals surface area contributed by atoms with E-state index in [4.69, 9.17) is 34.8 Å². The molecule has 1 heterocycles. The zero-order valence-corrected chi connectivity index (χ0v) is 13.1. The quantitative estimate of drug-likeness (QED) is 0.594. The number of aromatic nitrogens is 2. The van der Waals surface area contributed by atoms with Crippen LogP contribution in [0.3, 0.4) is 0 Å². The van der Waals surface area contributed by atoms with Gasteiger partial charge in [-0.05, 0) is 30.3 Å². The topological polar surface area (TPSA) is 17.8 Å². The van der Waals surface area contributed by atoms with E-state index in [9.17, 15) is 4.39 Å². The van der Waals surface area contributed by atoms with Gasteiger partial charge in [0.15, 0.2) is 0 Å². The highest BCUT2D eigenvalue weighted by atomic mass is 35.5. The molecule has 0 aliphatic rings. The van der Waals surface area contributed by atoms with Crippen molar-refractivity contribution in [1.29, 1.82) is 0 Å². The van der Waals surface area contributed by atoms with Crippen LogP contribution in [0, 0.1) is 5.82 Å². The molecule has 0 saturated heterocycles. The molecule has 1 aromatic heterocycles. The van der Waals surface area contributed by atoms with Crippen LogP contribution in [-0.4, -0.2) is 15.4 Å². The van der Waals surface area contributed by atoms with E-state index in [1.807, 2.05) is 10.6 Å². The van der Waals surface area contributed by atoms with Crippen LogP contribution in [0.25, 0.3) is 16.7 Å². The summed E-state index contributed by atoms with van der Waals surface area (Å²) in [7, 11) is 0. The molecule has 6 heteroatoms. The lowest BCUT2D eigenvalue weighted by Gasteiger charge is -2.09. The monoisotopic (exact) mass is 342 g/mol. The Morgan fingerprint density at radius 1 is 1.10 bits per heavy atom. The van der Waals surface area contributed by atoms with Crippen molar-refractivity contribution >= 4 is 45.8 Å². The van der Waals surface area contributed by atoms with E-state index >= 15 is 0 Å². The molecule has 0 atom stereocenters. The zero-order valence-electron chi connectivity index (χ0n) is 10.8. The fraction of sp³-hybridized carbons (Fsp3) is 0.133. The average Bonchev–Trinajstić information content (AvgIpc) is 2.77. The van der Waals surface area contributed by atoms with Crippen molar-refractivity contribution in [2.24, 2.45) is 0 Å². The van der Waals surface area contributed by atoms with Gasteiger partial charge in [0, 0.05) is 12.3 Å². The second-order valence-electron chi connectivity index (χ2n) is 4.54. The molecule has 0 amide bonds. The molecule has 0 aliphatic heterocycles. The van der Waals surface area contributed by atoms with Gasteiger partial charge in [-0.2, -0.15) is 0 Å². The van der Waals surface area contributed by atoms with Gasteiger partial charge in [0.1, 0.15) is 11.6 Å². The van der Waals surface area contributed by atoms with Gasteiger partial charge in [-0.1, -0.05) is 29.3 Å². The SMILES string of the molecule is Fc1cccc(-n2c(CCCl)nc3cc(Cl)c(Cl)cc32)c1. The third-order valence-corrected chi connectivity index (χ3v) is 4.06. The van der Waals surface area contributed by atoms with E-state index in [-0.39, 0.29) is 5.82 Å². The molecule has 21 heavy (non-hydrogen) atoms. The van der Waals surface area contributed by atoms with Crippen molar-refractivity contribution in [3.05, 3.63) is 58.1 Å². The minimum Gasteiger partial charge on any atom is -0.296 e. The highest BCUT2D eigenvalue weighted by molar-refractivity contribution is 6.42. The third-order valence-electron chi connectivity index (χ3n) is 3.15. The summed E-state index contributed by atoms with van der Waals surface area (Å²) >= 11 is 18.0. The predicted molar refractivity (Wildman–Crippen MR) is 85.5 cm³/mol. The van der Waals surface area contributed by atoms with Crippen molar-refractivity contribution in [3.8, 4) is 5.69 Å². The maximum absolute atomic E-state index is 13.5. The minimum atomic E-state index is -0.314. The molecule has 0 N–H and O–H groups in total. The van der Waals surface area contributed by atoms with Crippen molar-refractivity contribution in [3.63, 3.8) is 0 Å². The fourth-order valence-electron chi connectivity index (χ4n) is 2.28. The lowest BCUT2D eigenvalue weighted by Crippen LogP contribution is -2.02. The van der Waals surface area contributed by atoms with Crippen molar-refractivity contribution < 1.29 is 4.39 Å².